The van der Waals surface area contributed by atoms with E-state index in [0.29, 0.717) is 0 Å². The molecular formula is C3H10O4S3. The zero-order chi connectivity index (χ0) is 8.62. The molecule has 0 atom stereocenters. The number of rotatable bonds is 2. The molecule has 0 bridgehead atoms. The van der Waals surface area contributed by atoms with Crippen LogP contribution in [-0.4, -0.2) is 29.0 Å². The van der Waals surface area contributed by atoms with Gasteiger partial charge in [-0.25, -0.2) is 0 Å². The molecule has 0 aliphatic rings. The van der Waals surface area contributed by atoms with Gasteiger partial charge in [0.05, 0.1) is 0 Å². The molecule has 0 radical (unpaired) electrons. The molecule has 4 nitrogen and oxygen atoms in total. The minimum absolute atomic E-state index is 0.962. The summed E-state index contributed by atoms with van der Waals surface area (Å²) in [6, 6.07) is 0. The second-order valence-electron chi connectivity index (χ2n) is 1.25. The Morgan fingerprint density at radius 3 is 1.30 bits per heavy atom. The first-order chi connectivity index (χ1) is 4.41. The van der Waals surface area contributed by atoms with E-state index in [2.05, 4.69) is 25.3 Å². The summed E-state index contributed by atoms with van der Waals surface area (Å²) in [5.74, 6) is 1.92. The van der Waals surface area contributed by atoms with Crippen LogP contribution in [0, 0.1) is 0 Å². The zero-order valence-corrected chi connectivity index (χ0v) is 7.74. The summed E-state index contributed by atoms with van der Waals surface area (Å²) in [5.41, 5.74) is 0. The Kier molecular flexibility index (Phi) is 10.1. The van der Waals surface area contributed by atoms with Crippen molar-refractivity contribution >= 4 is 35.7 Å². The van der Waals surface area contributed by atoms with E-state index in [4.69, 9.17) is 17.5 Å². The van der Waals surface area contributed by atoms with Crippen LogP contribution in [0.1, 0.15) is 6.42 Å². The molecule has 0 aromatic rings. The summed E-state index contributed by atoms with van der Waals surface area (Å²) < 4.78 is 31.6. The van der Waals surface area contributed by atoms with Crippen LogP contribution in [0.3, 0.4) is 0 Å². The summed E-state index contributed by atoms with van der Waals surface area (Å²) in [5, 5.41) is 0. The van der Waals surface area contributed by atoms with Crippen molar-refractivity contribution in [3.8, 4) is 0 Å². The van der Waals surface area contributed by atoms with Gasteiger partial charge in [-0.15, -0.1) is 0 Å². The van der Waals surface area contributed by atoms with Gasteiger partial charge in [0.25, 0.3) is 0 Å². The predicted molar refractivity (Wildman–Crippen MR) is 46.5 cm³/mol. The van der Waals surface area contributed by atoms with Crippen molar-refractivity contribution in [3.05, 3.63) is 0 Å². The predicted octanol–water partition coefficient (Wildman–Crippen LogP) is 0.583. The van der Waals surface area contributed by atoms with Gasteiger partial charge in [0, 0.05) is 0 Å². The van der Waals surface area contributed by atoms with E-state index in [0.717, 1.165) is 17.9 Å². The molecule has 0 aromatic carbocycles. The summed E-state index contributed by atoms with van der Waals surface area (Å²) in [7, 11) is -4.67. The lowest BCUT2D eigenvalue weighted by molar-refractivity contribution is 0.381. The molecule has 0 amide bonds. The highest BCUT2D eigenvalue weighted by molar-refractivity contribution is 7.81. The highest BCUT2D eigenvalue weighted by Crippen LogP contribution is 1.83. The van der Waals surface area contributed by atoms with Gasteiger partial charge in [0.15, 0.2) is 0 Å². The van der Waals surface area contributed by atoms with E-state index in [9.17, 15) is 0 Å². The topological polar surface area (TPSA) is 74.6 Å². The summed E-state index contributed by atoms with van der Waals surface area (Å²) in [4.78, 5) is 0. The van der Waals surface area contributed by atoms with Gasteiger partial charge in [-0.2, -0.15) is 33.7 Å². The molecule has 7 heteroatoms. The first-order valence-corrected chi connectivity index (χ1v) is 4.99. The van der Waals surface area contributed by atoms with Crippen LogP contribution in [-0.2, 0) is 10.4 Å². The van der Waals surface area contributed by atoms with Gasteiger partial charge in [0.2, 0.25) is 0 Å². The molecule has 0 aliphatic heterocycles. The molecular weight excluding hydrogens is 196 g/mol. The molecule has 0 aromatic heterocycles. The van der Waals surface area contributed by atoms with E-state index in [1.54, 1.807) is 0 Å². The molecule has 0 spiro atoms. The fraction of sp³-hybridized carbons (Fsp3) is 1.00. The maximum atomic E-state index is 8.74. The molecule has 0 fully saturated rings. The van der Waals surface area contributed by atoms with Crippen molar-refractivity contribution in [2.45, 2.75) is 6.42 Å². The molecule has 0 rings (SSSR count). The second-order valence-corrected chi connectivity index (χ2v) is 3.04. The second kappa shape index (κ2) is 7.67. The van der Waals surface area contributed by atoms with Crippen LogP contribution in [0.15, 0.2) is 0 Å². The lowest BCUT2D eigenvalue weighted by Gasteiger charge is -1.78. The van der Waals surface area contributed by atoms with Gasteiger partial charge in [-0.05, 0) is 17.9 Å². The first-order valence-electron chi connectivity index (χ1n) is 2.33. The highest BCUT2D eigenvalue weighted by atomic mass is 32.3. The molecule has 0 aliphatic carbocycles. The molecule has 0 saturated carbocycles. The third-order valence-electron chi connectivity index (χ3n) is 0.316. The Bertz CT molecular complexity index is 130. The van der Waals surface area contributed by atoms with Crippen LogP contribution in [0.25, 0.3) is 0 Å². The third kappa shape index (κ3) is 74.4. The Balaban J connectivity index is 0. The zero-order valence-electron chi connectivity index (χ0n) is 5.13. The van der Waals surface area contributed by atoms with Gasteiger partial charge >= 0.3 is 10.4 Å². The van der Waals surface area contributed by atoms with E-state index >= 15 is 0 Å². The van der Waals surface area contributed by atoms with E-state index in [1.165, 1.54) is 0 Å². The third-order valence-corrected chi connectivity index (χ3v) is 0.949. The fourth-order valence-electron chi connectivity index (χ4n) is 0.0707. The maximum Gasteiger partial charge on any atom is 0.394 e. The number of hydrogen-bond acceptors (Lipinski definition) is 4. The lowest BCUT2D eigenvalue weighted by Crippen LogP contribution is -1.89. The van der Waals surface area contributed by atoms with Gasteiger partial charge in [-0.3, -0.25) is 9.11 Å². The molecule has 2 N–H and O–H groups in total. The number of thiol groups is 2. The molecule has 0 unspecified atom stereocenters. The quantitative estimate of drug-likeness (QED) is 0.394. The minimum Gasteiger partial charge on any atom is -0.264 e. The normalized spacial score (nSPS) is 10.0. The highest BCUT2D eigenvalue weighted by Gasteiger charge is 1.84. The van der Waals surface area contributed by atoms with E-state index in [1.807, 2.05) is 0 Å². The van der Waals surface area contributed by atoms with Crippen LogP contribution in [0.4, 0.5) is 0 Å². The van der Waals surface area contributed by atoms with E-state index < -0.39 is 10.4 Å². The van der Waals surface area contributed by atoms with Crippen molar-refractivity contribution < 1.29 is 17.5 Å². The Hall–Kier alpha value is 0.570. The lowest BCUT2D eigenvalue weighted by atomic mass is 10.6. The van der Waals surface area contributed by atoms with Crippen molar-refractivity contribution in [2.24, 2.45) is 0 Å². The molecule has 0 saturated heterocycles. The monoisotopic (exact) mass is 206 g/mol. The summed E-state index contributed by atoms with van der Waals surface area (Å²) in [6.07, 6.45) is 1.12. The van der Waals surface area contributed by atoms with E-state index in [-0.39, 0.29) is 0 Å². The SMILES string of the molecule is O=S(=O)(O)O.SCCCS. The van der Waals surface area contributed by atoms with Gasteiger partial charge in [-0.1, -0.05) is 0 Å². The van der Waals surface area contributed by atoms with Gasteiger partial charge < -0.3 is 0 Å². The average molecular weight is 206 g/mol. The van der Waals surface area contributed by atoms with Crippen LogP contribution in [0.2, 0.25) is 0 Å². The Labute approximate surface area is 71.4 Å². The van der Waals surface area contributed by atoms with Crippen LogP contribution >= 0.6 is 25.3 Å². The molecule has 64 valence electrons. The first kappa shape index (κ1) is 13.2. The minimum atomic E-state index is -4.67. The average Bonchev–Trinajstić information content (AvgIpc) is 1.63. The van der Waals surface area contributed by atoms with Crippen molar-refractivity contribution in [1.29, 1.82) is 0 Å². The standard InChI is InChI=1S/C3H8S2.H2O4S/c4-2-1-3-5;1-5(2,3)4/h4-5H,1-3H2;(H2,1,2,3,4). The smallest absolute Gasteiger partial charge is 0.264 e. The Morgan fingerprint density at radius 1 is 1.10 bits per heavy atom. The summed E-state index contributed by atoms with van der Waals surface area (Å²) in [6.45, 7) is 0. The van der Waals surface area contributed by atoms with Crippen molar-refractivity contribution in [3.63, 3.8) is 0 Å². The summed E-state index contributed by atoms with van der Waals surface area (Å²) >= 11 is 7.90. The number of hydrogen-bond donors (Lipinski definition) is 4. The molecule has 0 heterocycles. The van der Waals surface area contributed by atoms with Crippen LogP contribution in [0.5, 0.6) is 0 Å². The van der Waals surface area contributed by atoms with Crippen LogP contribution < -0.4 is 0 Å². The van der Waals surface area contributed by atoms with Crippen molar-refractivity contribution in [1.82, 2.24) is 0 Å². The fourth-order valence-corrected chi connectivity index (χ4v) is 0.636. The molecule has 10 heavy (non-hydrogen) atoms. The van der Waals surface area contributed by atoms with Crippen molar-refractivity contribution in [2.75, 3.05) is 11.5 Å². The largest absolute Gasteiger partial charge is 0.394 e. The Morgan fingerprint density at radius 2 is 1.30 bits per heavy atom. The van der Waals surface area contributed by atoms with Gasteiger partial charge in [0.1, 0.15) is 0 Å². The maximum absolute atomic E-state index is 8.74.